The molecule has 2 aromatic heterocycles. The lowest BCUT2D eigenvalue weighted by atomic mass is 10.4. The number of nitrogens with two attached hydrogens (primary N) is 1. The van der Waals surface area contributed by atoms with Gasteiger partial charge in [0.2, 0.25) is 0 Å². The standard InChI is InChI=1S/C12H16N4O2S/c1-2-5-16(7-10(13)17)8-11-14-15-12(18-11)9-4-3-6-19-9/h3-4,6H,2,5,7-8H2,1H3,(H2,13,17)/p+1. The molecule has 19 heavy (non-hydrogen) atoms. The number of hydrogen-bond acceptors (Lipinski definition) is 5. The average Bonchev–Trinajstić information content (AvgIpc) is 2.97. The summed E-state index contributed by atoms with van der Waals surface area (Å²) in [6, 6.07) is 3.87. The Morgan fingerprint density at radius 2 is 2.37 bits per heavy atom. The van der Waals surface area contributed by atoms with E-state index in [0.717, 1.165) is 22.7 Å². The number of hydrogen-bond donors (Lipinski definition) is 2. The molecule has 102 valence electrons. The molecule has 2 heterocycles. The lowest BCUT2D eigenvalue weighted by Gasteiger charge is -2.14. The predicted molar refractivity (Wildman–Crippen MR) is 71.5 cm³/mol. The molecule has 0 aromatic carbocycles. The van der Waals surface area contributed by atoms with Crippen LogP contribution in [0.25, 0.3) is 10.8 Å². The van der Waals surface area contributed by atoms with Crippen molar-refractivity contribution in [1.82, 2.24) is 10.2 Å². The van der Waals surface area contributed by atoms with Crippen LogP contribution in [0.5, 0.6) is 0 Å². The molecule has 1 unspecified atom stereocenters. The van der Waals surface area contributed by atoms with Gasteiger partial charge in [0, 0.05) is 0 Å². The summed E-state index contributed by atoms with van der Waals surface area (Å²) in [4.78, 5) is 13.0. The van der Waals surface area contributed by atoms with Gasteiger partial charge in [-0.3, -0.25) is 4.79 Å². The first kappa shape index (κ1) is 13.7. The summed E-state index contributed by atoms with van der Waals surface area (Å²) in [6.45, 7) is 3.71. The van der Waals surface area contributed by atoms with Crippen LogP contribution < -0.4 is 10.6 Å². The van der Waals surface area contributed by atoms with Crippen molar-refractivity contribution in [3.05, 3.63) is 23.4 Å². The van der Waals surface area contributed by atoms with Crippen LogP contribution in [-0.4, -0.2) is 29.2 Å². The second-order valence-electron chi connectivity index (χ2n) is 4.30. The molecule has 7 heteroatoms. The normalized spacial score (nSPS) is 12.5. The Kier molecular flexibility index (Phi) is 4.64. The van der Waals surface area contributed by atoms with E-state index in [1.807, 2.05) is 17.5 Å². The van der Waals surface area contributed by atoms with E-state index in [-0.39, 0.29) is 12.5 Å². The van der Waals surface area contributed by atoms with Crippen molar-refractivity contribution in [3.63, 3.8) is 0 Å². The highest BCUT2D eigenvalue weighted by molar-refractivity contribution is 7.13. The Hall–Kier alpha value is -1.73. The van der Waals surface area contributed by atoms with Crippen LogP contribution in [0.1, 0.15) is 19.2 Å². The van der Waals surface area contributed by atoms with Gasteiger partial charge in [-0.1, -0.05) is 13.0 Å². The maximum Gasteiger partial charge on any atom is 0.272 e. The molecule has 0 aliphatic rings. The molecule has 0 fully saturated rings. The first-order chi connectivity index (χ1) is 9.19. The van der Waals surface area contributed by atoms with Gasteiger partial charge in [-0.25, -0.2) is 0 Å². The maximum absolute atomic E-state index is 11.0. The molecule has 0 saturated heterocycles. The molecule has 0 spiro atoms. The van der Waals surface area contributed by atoms with Gasteiger partial charge in [0.25, 0.3) is 17.7 Å². The summed E-state index contributed by atoms with van der Waals surface area (Å²) in [7, 11) is 0. The van der Waals surface area contributed by atoms with Crippen molar-refractivity contribution in [2.24, 2.45) is 5.73 Å². The molecule has 0 saturated carbocycles. The summed E-state index contributed by atoms with van der Waals surface area (Å²) in [6.07, 6.45) is 0.967. The summed E-state index contributed by atoms with van der Waals surface area (Å²) in [5.41, 5.74) is 5.23. The molecule has 0 radical (unpaired) electrons. The van der Waals surface area contributed by atoms with Crippen LogP contribution in [0.3, 0.4) is 0 Å². The Labute approximate surface area is 115 Å². The van der Waals surface area contributed by atoms with Gasteiger partial charge in [-0.2, -0.15) is 0 Å². The molecule has 0 aliphatic heterocycles. The van der Waals surface area contributed by atoms with E-state index in [2.05, 4.69) is 17.1 Å². The van der Waals surface area contributed by atoms with Crippen LogP contribution in [0.2, 0.25) is 0 Å². The number of carbonyl (C=O) groups excluding carboxylic acids is 1. The van der Waals surface area contributed by atoms with E-state index in [0.29, 0.717) is 18.3 Å². The van der Waals surface area contributed by atoms with E-state index in [1.165, 1.54) is 0 Å². The van der Waals surface area contributed by atoms with Crippen molar-refractivity contribution < 1.29 is 14.1 Å². The third-order valence-corrected chi connectivity index (χ3v) is 3.49. The third-order valence-electron chi connectivity index (χ3n) is 2.63. The molecule has 1 atom stereocenters. The second-order valence-corrected chi connectivity index (χ2v) is 5.25. The first-order valence-corrected chi connectivity index (χ1v) is 7.05. The van der Waals surface area contributed by atoms with Crippen molar-refractivity contribution >= 4 is 17.2 Å². The van der Waals surface area contributed by atoms with Crippen LogP contribution in [0.4, 0.5) is 0 Å². The van der Waals surface area contributed by atoms with E-state index < -0.39 is 0 Å². The number of primary amides is 1. The van der Waals surface area contributed by atoms with Crippen LogP contribution in [0, 0.1) is 0 Å². The molecule has 0 aliphatic carbocycles. The largest absolute Gasteiger partial charge is 0.414 e. The minimum atomic E-state index is -0.318. The maximum atomic E-state index is 11.0. The molecule has 6 nitrogen and oxygen atoms in total. The summed E-state index contributed by atoms with van der Waals surface area (Å²) < 4.78 is 5.60. The Morgan fingerprint density at radius 1 is 1.53 bits per heavy atom. The number of quaternary nitrogens is 1. The average molecular weight is 281 g/mol. The number of carbonyl (C=O) groups is 1. The minimum Gasteiger partial charge on any atom is -0.414 e. The van der Waals surface area contributed by atoms with E-state index in [1.54, 1.807) is 11.3 Å². The van der Waals surface area contributed by atoms with Gasteiger partial charge in [0.1, 0.15) is 0 Å². The van der Waals surface area contributed by atoms with Gasteiger partial charge in [-0.15, -0.1) is 21.5 Å². The van der Waals surface area contributed by atoms with Crippen LogP contribution in [0.15, 0.2) is 21.9 Å². The Morgan fingerprint density at radius 3 is 3.00 bits per heavy atom. The number of nitrogens with zero attached hydrogens (tertiary/aromatic N) is 2. The summed E-state index contributed by atoms with van der Waals surface area (Å²) in [5.74, 6) is 0.745. The quantitative estimate of drug-likeness (QED) is 0.752. The van der Waals surface area contributed by atoms with E-state index in [9.17, 15) is 4.79 Å². The topological polar surface area (TPSA) is 86.5 Å². The first-order valence-electron chi connectivity index (χ1n) is 6.17. The Balaban J connectivity index is 2.03. The van der Waals surface area contributed by atoms with Crippen molar-refractivity contribution in [2.75, 3.05) is 13.1 Å². The minimum absolute atomic E-state index is 0.282. The number of thiophene rings is 1. The highest BCUT2D eigenvalue weighted by atomic mass is 32.1. The van der Waals surface area contributed by atoms with Gasteiger partial charge >= 0.3 is 0 Å². The number of rotatable bonds is 7. The lowest BCUT2D eigenvalue weighted by molar-refractivity contribution is -0.907. The lowest BCUT2D eigenvalue weighted by Crippen LogP contribution is -3.11. The third kappa shape index (κ3) is 3.87. The molecule has 2 aromatic rings. The summed E-state index contributed by atoms with van der Waals surface area (Å²) >= 11 is 1.55. The van der Waals surface area contributed by atoms with Gasteiger partial charge in [-0.05, 0) is 17.9 Å². The van der Waals surface area contributed by atoms with Crippen molar-refractivity contribution in [1.29, 1.82) is 0 Å². The van der Waals surface area contributed by atoms with Gasteiger partial charge in [0.15, 0.2) is 13.1 Å². The summed E-state index contributed by atoms with van der Waals surface area (Å²) in [5, 5.41) is 9.99. The highest BCUT2D eigenvalue weighted by Gasteiger charge is 2.17. The number of nitrogens with one attached hydrogen (secondary N) is 1. The fraction of sp³-hybridized carbons (Fsp3) is 0.417. The van der Waals surface area contributed by atoms with Gasteiger partial charge in [0.05, 0.1) is 11.4 Å². The second kappa shape index (κ2) is 6.44. The van der Waals surface area contributed by atoms with Crippen LogP contribution in [-0.2, 0) is 11.3 Å². The molecule has 2 rings (SSSR count). The zero-order chi connectivity index (χ0) is 13.7. The predicted octanol–water partition coefficient (Wildman–Crippen LogP) is 0.0783. The smallest absolute Gasteiger partial charge is 0.272 e. The molecule has 1 amide bonds. The SMILES string of the molecule is CCC[NH+](CC(N)=O)Cc1nnc(-c2cccs2)o1. The van der Waals surface area contributed by atoms with Crippen molar-refractivity contribution in [2.45, 2.75) is 19.9 Å². The number of amides is 1. The molecular formula is C12H17N4O2S+. The molecule has 3 N–H and O–H groups in total. The fourth-order valence-electron chi connectivity index (χ4n) is 1.88. The zero-order valence-corrected chi connectivity index (χ0v) is 11.6. The van der Waals surface area contributed by atoms with Gasteiger partial charge < -0.3 is 15.1 Å². The highest BCUT2D eigenvalue weighted by Crippen LogP contribution is 2.22. The fourth-order valence-corrected chi connectivity index (χ4v) is 2.52. The van der Waals surface area contributed by atoms with Crippen molar-refractivity contribution in [3.8, 4) is 10.8 Å². The zero-order valence-electron chi connectivity index (χ0n) is 10.8. The number of aromatic nitrogens is 2. The van der Waals surface area contributed by atoms with E-state index in [4.69, 9.17) is 10.2 Å². The Bertz CT molecular complexity index is 524. The monoisotopic (exact) mass is 281 g/mol. The van der Waals surface area contributed by atoms with Crippen LogP contribution >= 0.6 is 11.3 Å². The molecular weight excluding hydrogens is 264 g/mol. The molecule has 0 bridgehead atoms. The van der Waals surface area contributed by atoms with E-state index >= 15 is 0 Å².